The van der Waals surface area contributed by atoms with E-state index in [2.05, 4.69) is 10.5 Å². The molecule has 0 spiro atoms. The molecule has 0 saturated carbocycles. The van der Waals surface area contributed by atoms with Crippen molar-refractivity contribution in [2.75, 3.05) is 31.5 Å². The van der Waals surface area contributed by atoms with E-state index in [0.717, 1.165) is 11.1 Å². The zero-order valence-corrected chi connectivity index (χ0v) is 17.4. The summed E-state index contributed by atoms with van der Waals surface area (Å²) >= 11 is 0. The number of hydrogen-bond donors (Lipinski definition) is 1. The smallest absolute Gasteiger partial charge is 0.243 e. The Kier molecular flexibility index (Phi) is 5.87. The van der Waals surface area contributed by atoms with E-state index in [9.17, 15) is 13.2 Å². The summed E-state index contributed by atoms with van der Waals surface area (Å²) in [5.41, 5.74) is 1.65. The summed E-state index contributed by atoms with van der Waals surface area (Å²) in [5, 5.41) is 6.49. The molecule has 1 aromatic carbocycles. The number of benzene rings is 1. The minimum absolute atomic E-state index is 0.195. The molecule has 1 N–H and O–H groups in total. The Bertz CT molecular complexity index is 962. The maximum Gasteiger partial charge on any atom is 0.243 e. The van der Waals surface area contributed by atoms with Gasteiger partial charge < -0.3 is 9.84 Å². The van der Waals surface area contributed by atoms with Gasteiger partial charge in [0, 0.05) is 32.2 Å². The van der Waals surface area contributed by atoms with Crippen LogP contribution in [-0.2, 0) is 14.8 Å². The second kappa shape index (κ2) is 8.02. The van der Waals surface area contributed by atoms with Crippen molar-refractivity contribution in [3.05, 3.63) is 41.2 Å². The minimum atomic E-state index is -3.55. The van der Waals surface area contributed by atoms with Gasteiger partial charge in [0.2, 0.25) is 15.9 Å². The molecular formula is C19H26N4O4S. The van der Waals surface area contributed by atoms with Crippen molar-refractivity contribution in [1.82, 2.24) is 14.4 Å². The number of sulfonamides is 1. The van der Waals surface area contributed by atoms with Gasteiger partial charge in [0.05, 0.1) is 10.9 Å². The molecule has 1 aliphatic rings. The Hall–Kier alpha value is -2.23. The van der Waals surface area contributed by atoms with E-state index in [0.29, 0.717) is 42.7 Å². The molecule has 1 aliphatic heterocycles. The van der Waals surface area contributed by atoms with Gasteiger partial charge in [-0.05, 0) is 44.9 Å². The van der Waals surface area contributed by atoms with Crippen molar-refractivity contribution in [2.24, 2.45) is 0 Å². The number of aryl methyl sites for hydroxylation is 3. The zero-order valence-electron chi connectivity index (χ0n) is 16.6. The molecule has 2 aromatic rings. The van der Waals surface area contributed by atoms with E-state index in [4.69, 9.17) is 4.52 Å². The van der Waals surface area contributed by atoms with Crippen molar-refractivity contribution in [2.45, 2.75) is 38.6 Å². The first-order valence-corrected chi connectivity index (χ1v) is 10.7. The monoisotopic (exact) mass is 406 g/mol. The van der Waals surface area contributed by atoms with Gasteiger partial charge in [0.15, 0.2) is 5.82 Å². The van der Waals surface area contributed by atoms with E-state index in [1.165, 1.54) is 4.31 Å². The number of anilines is 1. The molecule has 3 rings (SSSR count). The third-order valence-electron chi connectivity index (χ3n) is 5.04. The van der Waals surface area contributed by atoms with E-state index in [-0.39, 0.29) is 5.91 Å². The Balaban J connectivity index is 1.63. The summed E-state index contributed by atoms with van der Waals surface area (Å²) in [4.78, 5) is 14.8. The maximum absolute atomic E-state index is 13.0. The van der Waals surface area contributed by atoms with Gasteiger partial charge in [0.25, 0.3) is 0 Å². The van der Waals surface area contributed by atoms with Crippen LogP contribution in [0.15, 0.2) is 33.7 Å². The number of aromatic nitrogens is 1. The molecule has 1 amide bonds. The van der Waals surface area contributed by atoms with Crippen LogP contribution in [-0.4, -0.2) is 60.9 Å². The van der Waals surface area contributed by atoms with Gasteiger partial charge in [-0.2, -0.15) is 4.31 Å². The Morgan fingerprint density at radius 1 is 1.14 bits per heavy atom. The normalized spacial score (nSPS) is 17.4. The number of nitrogens with one attached hydrogen (secondary N) is 1. The van der Waals surface area contributed by atoms with Crippen LogP contribution in [0.4, 0.5) is 5.82 Å². The molecule has 1 aromatic heterocycles. The van der Waals surface area contributed by atoms with Crippen LogP contribution in [0.2, 0.25) is 0 Å². The summed E-state index contributed by atoms with van der Waals surface area (Å²) in [6.07, 6.45) is 0. The number of piperazine rings is 1. The summed E-state index contributed by atoms with van der Waals surface area (Å²) in [6.45, 7) is 8.90. The fourth-order valence-electron chi connectivity index (χ4n) is 3.28. The zero-order chi connectivity index (χ0) is 20.5. The summed E-state index contributed by atoms with van der Waals surface area (Å²) < 4.78 is 32.5. The molecule has 0 aliphatic carbocycles. The number of rotatable bonds is 5. The molecule has 2 heterocycles. The van der Waals surface area contributed by atoms with Gasteiger partial charge >= 0.3 is 0 Å². The van der Waals surface area contributed by atoms with Crippen LogP contribution in [0, 0.1) is 20.8 Å². The molecule has 28 heavy (non-hydrogen) atoms. The average molecular weight is 407 g/mol. The van der Waals surface area contributed by atoms with Gasteiger partial charge in [-0.3, -0.25) is 9.69 Å². The number of nitrogens with zero attached hydrogens (tertiary/aromatic N) is 3. The highest BCUT2D eigenvalue weighted by molar-refractivity contribution is 7.89. The minimum Gasteiger partial charge on any atom is -0.360 e. The lowest BCUT2D eigenvalue weighted by Gasteiger charge is -2.36. The molecule has 1 atom stereocenters. The first kappa shape index (κ1) is 20.5. The first-order valence-electron chi connectivity index (χ1n) is 9.24. The number of carbonyl (C=O) groups excluding carboxylic acids is 1. The van der Waals surface area contributed by atoms with Crippen molar-refractivity contribution < 1.29 is 17.7 Å². The highest BCUT2D eigenvalue weighted by Crippen LogP contribution is 2.23. The third kappa shape index (κ3) is 4.26. The molecule has 8 nitrogen and oxygen atoms in total. The maximum atomic E-state index is 13.0. The molecule has 9 heteroatoms. The number of hydrogen-bond acceptors (Lipinski definition) is 6. The predicted octanol–water partition coefficient (Wildman–Crippen LogP) is 1.93. The number of carbonyl (C=O) groups is 1. The van der Waals surface area contributed by atoms with Crippen molar-refractivity contribution in [1.29, 1.82) is 0 Å². The van der Waals surface area contributed by atoms with Crippen molar-refractivity contribution in [3.8, 4) is 0 Å². The summed E-state index contributed by atoms with van der Waals surface area (Å²) in [7, 11) is -3.55. The highest BCUT2D eigenvalue weighted by Gasteiger charge is 2.32. The Morgan fingerprint density at radius 2 is 1.82 bits per heavy atom. The standard InChI is InChI=1S/C19H26N4O4S/c1-13-5-6-14(2)17(11-13)28(25,26)23-9-7-22(8-10-23)16(4)19(24)20-18-12-15(3)27-21-18/h5-6,11-12,16H,7-10H2,1-4H3,(H,20,21,24)/t16-/m1/s1. The molecule has 0 radical (unpaired) electrons. The Morgan fingerprint density at radius 3 is 2.43 bits per heavy atom. The Labute approximate surface area is 165 Å². The lowest BCUT2D eigenvalue weighted by Crippen LogP contribution is -2.54. The molecule has 1 saturated heterocycles. The topological polar surface area (TPSA) is 95.8 Å². The van der Waals surface area contributed by atoms with Crippen LogP contribution in [0.25, 0.3) is 0 Å². The van der Waals surface area contributed by atoms with Crippen molar-refractivity contribution >= 4 is 21.7 Å². The molecule has 0 unspecified atom stereocenters. The van der Waals surface area contributed by atoms with Crippen LogP contribution in [0.3, 0.4) is 0 Å². The molecule has 1 fully saturated rings. The highest BCUT2D eigenvalue weighted by atomic mass is 32.2. The van der Waals surface area contributed by atoms with Crippen LogP contribution in [0.1, 0.15) is 23.8 Å². The SMILES string of the molecule is Cc1ccc(C)c(S(=O)(=O)N2CCN([C@H](C)C(=O)Nc3cc(C)on3)CC2)c1. The van der Waals surface area contributed by atoms with E-state index in [1.54, 1.807) is 32.9 Å². The second-order valence-electron chi connectivity index (χ2n) is 7.20. The first-order chi connectivity index (χ1) is 13.2. The number of amides is 1. The fraction of sp³-hybridized carbons (Fsp3) is 0.474. The molecule has 0 bridgehead atoms. The van der Waals surface area contributed by atoms with E-state index < -0.39 is 16.1 Å². The van der Waals surface area contributed by atoms with Gasteiger partial charge in [0.1, 0.15) is 5.76 Å². The quantitative estimate of drug-likeness (QED) is 0.815. The third-order valence-corrected chi connectivity index (χ3v) is 7.08. The fourth-order valence-corrected chi connectivity index (χ4v) is 5.01. The van der Waals surface area contributed by atoms with Gasteiger partial charge in [-0.1, -0.05) is 17.3 Å². The lowest BCUT2D eigenvalue weighted by molar-refractivity contribution is -0.121. The summed E-state index contributed by atoms with van der Waals surface area (Å²) in [5.74, 6) is 0.804. The average Bonchev–Trinajstić information content (AvgIpc) is 3.07. The summed E-state index contributed by atoms with van der Waals surface area (Å²) in [6, 6.07) is 6.70. The van der Waals surface area contributed by atoms with Crippen LogP contribution >= 0.6 is 0 Å². The molecule has 152 valence electrons. The lowest BCUT2D eigenvalue weighted by atomic mass is 10.2. The van der Waals surface area contributed by atoms with Crippen molar-refractivity contribution in [3.63, 3.8) is 0 Å². The van der Waals surface area contributed by atoms with Crippen LogP contribution < -0.4 is 5.32 Å². The van der Waals surface area contributed by atoms with Gasteiger partial charge in [-0.25, -0.2) is 8.42 Å². The predicted molar refractivity (Wildman–Crippen MR) is 106 cm³/mol. The molecular weight excluding hydrogens is 380 g/mol. The van der Waals surface area contributed by atoms with Crippen LogP contribution in [0.5, 0.6) is 0 Å². The van der Waals surface area contributed by atoms with E-state index >= 15 is 0 Å². The second-order valence-corrected chi connectivity index (χ2v) is 9.10. The van der Waals surface area contributed by atoms with E-state index in [1.807, 2.05) is 24.0 Å². The largest absolute Gasteiger partial charge is 0.360 e. The van der Waals surface area contributed by atoms with Gasteiger partial charge in [-0.15, -0.1) is 0 Å².